The van der Waals surface area contributed by atoms with Crippen LogP contribution in [0.4, 0.5) is 0 Å². The number of fused-ring (bicyclic) bond motifs is 4. The lowest BCUT2D eigenvalue weighted by atomic mass is 10.1. The van der Waals surface area contributed by atoms with E-state index in [-0.39, 0.29) is 0 Å². The minimum atomic E-state index is 0.833. The second-order valence-electron chi connectivity index (χ2n) is 4.75. The lowest BCUT2D eigenvalue weighted by Crippen LogP contribution is -2.37. The average molecular weight is 301 g/mol. The maximum atomic E-state index is 3.54. The molecule has 1 aromatic rings. The van der Waals surface area contributed by atoms with Gasteiger partial charge in [0, 0.05) is 30.6 Å². The first-order valence-electron chi connectivity index (χ1n) is 6.02. The van der Waals surface area contributed by atoms with Gasteiger partial charge in [0.1, 0.15) is 0 Å². The topological polar surface area (TPSA) is 6.48 Å². The average Bonchev–Trinajstić information content (AvgIpc) is 2.51. The van der Waals surface area contributed by atoms with Gasteiger partial charge < -0.3 is 4.90 Å². The molecule has 0 N–H and O–H groups in total. The van der Waals surface area contributed by atoms with Crippen molar-refractivity contribution in [1.82, 2.24) is 9.80 Å². The van der Waals surface area contributed by atoms with E-state index in [1.165, 1.54) is 47.7 Å². The largest absolute Gasteiger partial charge is 0.302 e. The second kappa shape index (κ2) is 4.77. The Hall–Kier alpha value is 0.1000. The lowest BCUT2D eigenvalue weighted by molar-refractivity contribution is 0.178. The molecule has 3 aliphatic rings. The van der Waals surface area contributed by atoms with Crippen molar-refractivity contribution in [1.29, 1.82) is 0 Å². The van der Waals surface area contributed by atoms with E-state index in [0.717, 1.165) is 12.6 Å². The van der Waals surface area contributed by atoms with Crippen LogP contribution in [0.1, 0.15) is 17.7 Å². The summed E-state index contributed by atoms with van der Waals surface area (Å²) in [6.07, 6.45) is 2.74. The van der Waals surface area contributed by atoms with Crippen LogP contribution in [0.3, 0.4) is 0 Å². The summed E-state index contributed by atoms with van der Waals surface area (Å²) in [6.45, 7) is 6.29. The van der Waals surface area contributed by atoms with Crippen LogP contribution in [0.25, 0.3) is 0 Å². The van der Waals surface area contributed by atoms with Gasteiger partial charge in [-0.05, 0) is 54.0 Å². The first kappa shape index (κ1) is 11.2. The van der Waals surface area contributed by atoms with Gasteiger partial charge in [0.15, 0.2) is 0 Å². The van der Waals surface area contributed by atoms with E-state index in [1.54, 1.807) is 0 Å². The van der Waals surface area contributed by atoms with Crippen LogP contribution in [-0.2, 0) is 6.54 Å². The minimum absolute atomic E-state index is 0.833. The van der Waals surface area contributed by atoms with Crippen molar-refractivity contribution < 1.29 is 0 Å². The fourth-order valence-electron chi connectivity index (χ4n) is 2.81. The zero-order valence-corrected chi connectivity index (χ0v) is 11.8. The van der Waals surface area contributed by atoms with Crippen LogP contribution in [0.2, 0.25) is 0 Å². The number of halogens is 1. The van der Waals surface area contributed by atoms with Crippen LogP contribution in [0.15, 0.2) is 15.9 Å². The molecule has 2 nitrogen and oxygen atoms in total. The van der Waals surface area contributed by atoms with Crippen molar-refractivity contribution in [3.05, 3.63) is 20.8 Å². The third-order valence-corrected chi connectivity index (χ3v) is 5.37. The molecule has 0 unspecified atom stereocenters. The summed E-state index contributed by atoms with van der Waals surface area (Å²) < 4.78 is 1.25. The van der Waals surface area contributed by atoms with Crippen molar-refractivity contribution in [2.75, 3.05) is 26.2 Å². The van der Waals surface area contributed by atoms with Crippen molar-refractivity contribution in [2.45, 2.75) is 25.4 Å². The summed E-state index contributed by atoms with van der Waals surface area (Å²) in [4.78, 5) is 6.79. The van der Waals surface area contributed by atoms with Gasteiger partial charge in [0.25, 0.3) is 0 Å². The van der Waals surface area contributed by atoms with Crippen LogP contribution >= 0.6 is 27.3 Å². The Bertz CT molecular complexity index is 358. The van der Waals surface area contributed by atoms with Crippen LogP contribution < -0.4 is 0 Å². The monoisotopic (exact) mass is 300 g/mol. The predicted molar refractivity (Wildman–Crippen MR) is 71.9 cm³/mol. The summed E-state index contributed by atoms with van der Waals surface area (Å²) in [5.74, 6) is 0. The van der Waals surface area contributed by atoms with E-state index in [4.69, 9.17) is 0 Å². The molecule has 4 heterocycles. The van der Waals surface area contributed by atoms with Gasteiger partial charge >= 0.3 is 0 Å². The van der Waals surface area contributed by atoms with Gasteiger partial charge in [0.2, 0.25) is 0 Å². The Kier molecular flexibility index (Phi) is 3.34. The molecule has 0 aromatic carbocycles. The molecular weight excluding hydrogens is 284 g/mol. The SMILES string of the molecule is Brc1ccc(CN2CCN3CCC2CC3)s1. The molecule has 4 rings (SSSR count). The molecule has 3 saturated heterocycles. The predicted octanol–water partition coefficient (Wildman–Crippen LogP) is 2.79. The van der Waals surface area contributed by atoms with Crippen molar-refractivity contribution in [3.63, 3.8) is 0 Å². The molecule has 0 radical (unpaired) electrons. The maximum absolute atomic E-state index is 3.54. The first-order chi connectivity index (χ1) is 7.81. The molecule has 2 bridgehead atoms. The molecule has 0 saturated carbocycles. The summed E-state index contributed by atoms with van der Waals surface area (Å²) in [7, 11) is 0. The summed E-state index contributed by atoms with van der Waals surface area (Å²) in [5, 5.41) is 0. The molecule has 3 fully saturated rings. The molecule has 0 amide bonds. The van der Waals surface area contributed by atoms with E-state index in [9.17, 15) is 0 Å². The normalized spacial score (nSPS) is 30.6. The Labute approximate surface area is 109 Å². The van der Waals surface area contributed by atoms with Gasteiger partial charge in [-0.3, -0.25) is 4.90 Å². The molecule has 1 aromatic heterocycles. The fourth-order valence-corrected chi connectivity index (χ4v) is 4.31. The van der Waals surface area contributed by atoms with Crippen molar-refractivity contribution in [2.24, 2.45) is 0 Å². The molecule has 88 valence electrons. The van der Waals surface area contributed by atoms with Gasteiger partial charge in [-0.25, -0.2) is 0 Å². The van der Waals surface area contributed by atoms with Gasteiger partial charge in [0.05, 0.1) is 3.79 Å². The number of thiophene rings is 1. The molecular formula is C12H17BrN2S. The van der Waals surface area contributed by atoms with E-state index >= 15 is 0 Å². The zero-order chi connectivity index (χ0) is 11.0. The third-order valence-electron chi connectivity index (χ3n) is 3.76. The Balaban J connectivity index is 1.69. The Morgan fingerprint density at radius 2 is 2.00 bits per heavy atom. The smallest absolute Gasteiger partial charge is 0.0701 e. The zero-order valence-electron chi connectivity index (χ0n) is 9.36. The van der Waals surface area contributed by atoms with Gasteiger partial charge in [-0.1, -0.05) is 0 Å². The number of piperidine rings is 1. The Morgan fingerprint density at radius 1 is 1.19 bits per heavy atom. The highest BCUT2D eigenvalue weighted by Gasteiger charge is 2.28. The van der Waals surface area contributed by atoms with E-state index in [0.29, 0.717) is 0 Å². The number of rotatable bonds is 2. The molecule has 0 spiro atoms. The highest BCUT2D eigenvalue weighted by atomic mass is 79.9. The van der Waals surface area contributed by atoms with Gasteiger partial charge in [-0.2, -0.15) is 0 Å². The van der Waals surface area contributed by atoms with Crippen LogP contribution in [0.5, 0.6) is 0 Å². The third kappa shape index (κ3) is 2.35. The summed E-state index contributed by atoms with van der Waals surface area (Å²) >= 11 is 5.42. The lowest BCUT2D eigenvalue weighted by Gasteiger charge is -2.31. The maximum Gasteiger partial charge on any atom is 0.0701 e. The van der Waals surface area contributed by atoms with E-state index in [2.05, 4.69) is 37.9 Å². The van der Waals surface area contributed by atoms with Crippen molar-refractivity contribution in [3.8, 4) is 0 Å². The second-order valence-corrected chi connectivity index (χ2v) is 7.30. The van der Waals surface area contributed by atoms with E-state index in [1.807, 2.05) is 11.3 Å². The highest BCUT2D eigenvalue weighted by molar-refractivity contribution is 9.11. The van der Waals surface area contributed by atoms with Crippen molar-refractivity contribution >= 4 is 27.3 Å². The van der Waals surface area contributed by atoms with Crippen LogP contribution in [-0.4, -0.2) is 42.0 Å². The number of hydrogen-bond donors (Lipinski definition) is 0. The quantitative estimate of drug-likeness (QED) is 0.829. The summed E-state index contributed by atoms with van der Waals surface area (Å²) in [6, 6.07) is 5.25. The number of nitrogens with zero attached hydrogens (tertiary/aromatic N) is 2. The molecule has 3 aliphatic heterocycles. The number of hydrogen-bond acceptors (Lipinski definition) is 3. The Morgan fingerprint density at radius 3 is 2.69 bits per heavy atom. The molecule has 4 heteroatoms. The van der Waals surface area contributed by atoms with Crippen LogP contribution in [0, 0.1) is 0 Å². The van der Waals surface area contributed by atoms with E-state index < -0.39 is 0 Å². The summed E-state index contributed by atoms with van der Waals surface area (Å²) in [5.41, 5.74) is 0. The fraction of sp³-hybridized carbons (Fsp3) is 0.667. The first-order valence-corrected chi connectivity index (χ1v) is 7.63. The molecule has 0 atom stereocenters. The molecule has 16 heavy (non-hydrogen) atoms. The highest BCUT2D eigenvalue weighted by Crippen LogP contribution is 2.27. The minimum Gasteiger partial charge on any atom is -0.302 e. The standard InChI is InChI=1S/C12H17BrN2S/c13-12-2-1-11(16-12)9-15-8-7-14-5-3-10(15)4-6-14/h1-2,10H,3-9H2. The molecule has 0 aliphatic carbocycles. The van der Waals surface area contributed by atoms with Gasteiger partial charge in [-0.15, -0.1) is 11.3 Å².